The van der Waals surface area contributed by atoms with Crippen molar-refractivity contribution in [2.24, 2.45) is 0 Å². The molecule has 0 fully saturated rings. The molecule has 0 bridgehead atoms. The molecule has 2 aromatic heterocycles. The van der Waals surface area contributed by atoms with Gasteiger partial charge in [-0.05, 0) is 103 Å². The van der Waals surface area contributed by atoms with E-state index in [2.05, 4.69) is 188 Å². The number of nitrogens with zero attached hydrogens (tertiary/aromatic N) is 2. The fourth-order valence-corrected chi connectivity index (χ4v) is 9.23. The van der Waals surface area contributed by atoms with Gasteiger partial charge >= 0.3 is 0 Å². The second-order valence-electron chi connectivity index (χ2n) is 14.6. The van der Waals surface area contributed by atoms with Gasteiger partial charge in [0.05, 0.1) is 11.4 Å². The molecule has 9 aromatic carbocycles. The van der Waals surface area contributed by atoms with Crippen molar-refractivity contribution in [2.75, 3.05) is 0 Å². The van der Waals surface area contributed by atoms with Gasteiger partial charge in [0.25, 0.3) is 0 Å². The summed E-state index contributed by atoms with van der Waals surface area (Å²) in [5.74, 6) is 0.699. The minimum absolute atomic E-state index is 0.699. The molecule has 0 radical (unpaired) electrons. The van der Waals surface area contributed by atoms with Gasteiger partial charge in [-0.3, -0.25) is 0 Å². The van der Waals surface area contributed by atoms with Crippen molar-refractivity contribution in [3.8, 4) is 67.3 Å². The Morgan fingerprint density at radius 3 is 1.74 bits per heavy atom. The molecule has 0 aliphatic carbocycles. The van der Waals surface area contributed by atoms with Crippen molar-refractivity contribution < 1.29 is 0 Å². The molecule has 0 aliphatic heterocycles. The molecule has 0 saturated heterocycles. The molecule has 266 valence electrons. The summed E-state index contributed by atoms with van der Waals surface area (Å²) in [5.41, 5.74) is 11.9. The Kier molecular flexibility index (Phi) is 8.04. The minimum Gasteiger partial charge on any atom is -0.228 e. The summed E-state index contributed by atoms with van der Waals surface area (Å²) in [6, 6.07) is 74.2. The van der Waals surface area contributed by atoms with Crippen LogP contribution < -0.4 is 0 Å². The number of hydrogen-bond donors (Lipinski definition) is 0. The number of hydrogen-bond acceptors (Lipinski definition) is 3. The van der Waals surface area contributed by atoms with Gasteiger partial charge in [-0.1, -0.05) is 158 Å². The lowest BCUT2D eigenvalue weighted by Crippen LogP contribution is -1.96. The van der Waals surface area contributed by atoms with E-state index in [0.717, 1.165) is 39.2 Å². The summed E-state index contributed by atoms with van der Waals surface area (Å²) >= 11 is 1.85. The maximum Gasteiger partial charge on any atom is 0.160 e. The average Bonchev–Trinajstić information content (AvgIpc) is 3.67. The van der Waals surface area contributed by atoms with Crippen LogP contribution in [-0.2, 0) is 0 Å². The predicted octanol–water partition coefficient (Wildman–Crippen LogP) is 15.2. The number of aromatic nitrogens is 2. The molecule has 11 rings (SSSR count). The fourth-order valence-electron chi connectivity index (χ4n) is 8.14. The lowest BCUT2D eigenvalue weighted by molar-refractivity contribution is 1.18. The fraction of sp³-hybridized carbons (Fsp3) is 0. The molecular weight excluding hydrogens is 709 g/mol. The van der Waals surface area contributed by atoms with E-state index in [4.69, 9.17) is 9.97 Å². The van der Waals surface area contributed by atoms with Gasteiger partial charge in [0.15, 0.2) is 5.82 Å². The van der Waals surface area contributed by atoms with Gasteiger partial charge in [-0.15, -0.1) is 11.3 Å². The van der Waals surface area contributed by atoms with Crippen LogP contribution in [0, 0.1) is 0 Å². The quantitative estimate of drug-likeness (QED) is 0.170. The van der Waals surface area contributed by atoms with Gasteiger partial charge in [0.1, 0.15) is 0 Å². The van der Waals surface area contributed by atoms with Crippen LogP contribution in [0.15, 0.2) is 206 Å². The number of fused-ring (bicyclic) bond motifs is 5. The summed E-state index contributed by atoms with van der Waals surface area (Å²) in [7, 11) is 0. The van der Waals surface area contributed by atoms with Gasteiger partial charge < -0.3 is 0 Å². The van der Waals surface area contributed by atoms with Crippen LogP contribution in [0.4, 0.5) is 0 Å². The molecule has 0 amide bonds. The highest BCUT2D eigenvalue weighted by molar-refractivity contribution is 7.25. The first-order chi connectivity index (χ1) is 28.2. The molecular formula is C54H34N2S. The van der Waals surface area contributed by atoms with E-state index < -0.39 is 0 Å². The Morgan fingerprint density at radius 1 is 0.281 bits per heavy atom. The molecule has 2 nitrogen and oxygen atoms in total. The van der Waals surface area contributed by atoms with Crippen molar-refractivity contribution >= 4 is 53.1 Å². The summed E-state index contributed by atoms with van der Waals surface area (Å²) in [5, 5.41) is 7.50. The van der Waals surface area contributed by atoms with Crippen LogP contribution in [-0.4, -0.2) is 9.97 Å². The molecule has 0 N–H and O–H groups in total. The molecule has 11 aromatic rings. The van der Waals surface area contributed by atoms with Gasteiger partial charge in [0, 0.05) is 36.9 Å². The van der Waals surface area contributed by atoms with Crippen LogP contribution in [0.5, 0.6) is 0 Å². The number of thiophene rings is 1. The summed E-state index contributed by atoms with van der Waals surface area (Å²) < 4.78 is 2.60. The van der Waals surface area contributed by atoms with E-state index in [9.17, 15) is 0 Å². The van der Waals surface area contributed by atoms with E-state index in [1.54, 1.807) is 0 Å². The van der Waals surface area contributed by atoms with Crippen LogP contribution >= 0.6 is 11.3 Å². The summed E-state index contributed by atoms with van der Waals surface area (Å²) in [4.78, 5) is 10.5. The normalized spacial score (nSPS) is 11.5. The first kappa shape index (κ1) is 33.2. The van der Waals surface area contributed by atoms with E-state index in [1.165, 1.54) is 64.0 Å². The molecule has 3 heteroatoms. The van der Waals surface area contributed by atoms with Gasteiger partial charge in [-0.25, -0.2) is 9.97 Å². The lowest BCUT2D eigenvalue weighted by atomic mass is 9.91. The molecule has 2 heterocycles. The Labute approximate surface area is 335 Å². The minimum atomic E-state index is 0.699. The average molecular weight is 743 g/mol. The Morgan fingerprint density at radius 2 is 0.877 bits per heavy atom. The van der Waals surface area contributed by atoms with Crippen molar-refractivity contribution in [3.63, 3.8) is 0 Å². The van der Waals surface area contributed by atoms with Crippen molar-refractivity contribution in [2.45, 2.75) is 0 Å². The third kappa shape index (κ3) is 6.15. The molecule has 0 spiro atoms. The first-order valence-electron chi connectivity index (χ1n) is 19.3. The maximum absolute atomic E-state index is 5.30. The second kappa shape index (κ2) is 13.8. The molecule has 57 heavy (non-hydrogen) atoms. The molecule has 0 atom stereocenters. The van der Waals surface area contributed by atoms with Crippen LogP contribution in [0.25, 0.3) is 109 Å². The number of rotatable bonds is 6. The van der Waals surface area contributed by atoms with Crippen molar-refractivity contribution in [1.29, 1.82) is 0 Å². The van der Waals surface area contributed by atoms with Gasteiger partial charge in [0.2, 0.25) is 0 Å². The smallest absolute Gasteiger partial charge is 0.160 e. The highest BCUT2D eigenvalue weighted by Crippen LogP contribution is 2.40. The Bertz CT molecular complexity index is 3280. The first-order valence-corrected chi connectivity index (χ1v) is 20.1. The van der Waals surface area contributed by atoms with E-state index in [0.29, 0.717) is 5.82 Å². The topological polar surface area (TPSA) is 25.8 Å². The van der Waals surface area contributed by atoms with Crippen LogP contribution in [0.1, 0.15) is 0 Å². The number of benzene rings is 9. The highest BCUT2D eigenvalue weighted by Gasteiger charge is 2.16. The summed E-state index contributed by atoms with van der Waals surface area (Å²) in [6.07, 6.45) is 0. The standard InChI is InChI=1S/C54H34N2S/c1-2-13-39(14-3-1)54-55-50(38-24-21-36(22-25-38)41-26-23-35-11-4-5-15-40(35)29-41)34-51(56-54)45-31-43(30-44(32-45)47-19-10-16-37-12-6-7-17-46(37)47)42-27-28-53-49(33-42)48-18-8-9-20-52(48)57-53/h1-34H. The molecule has 0 unspecified atom stereocenters. The van der Waals surface area contributed by atoms with Crippen molar-refractivity contribution in [1.82, 2.24) is 9.97 Å². The van der Waals surface area contributed by atoms with E-state index in [1.807, 2.05) is 29.5 Å². The predicted molar refractivity (Wildman–Crippen MR) is 243 cm³/mol. The zero-order chi connectivity index (χ0) is 37.7. The Balaban J connectivity index is 1.09. The SMILES string of the molecule is c1ccc(-c2nc(-c3ccc(-c4ccc5ccccc5c4)cc3)cc(-c3cc(-c4ccc5sc6ccccc6c5c4)cc(-c4cccc5ccccc45)c3)n2)cc1. The Hall–Kier alpha value is -7.20. The third-order valence-corrected chi connectivity index (χ3v) is 12.2. The van der Waals surface area contributed by atoms with Crippen LogP contribution in [0.3, 0.4) is 0 Å². The zero-order valence-corrected chi connectivity index (χ0v) is 31.7. The van der Waals surface area contributed by atoms with E-state index >= 15 is 0 Å². The summed E-state index contributed by atoms with van der Waals surface area (Å²) in [6.45, 7) is 0. The zero-order valence-electron chi connectivity index (χ0n) is 30.9. The third-order valence-electron chi connectivity index (χ3n) is 11.1. The van der Waals surface area contributed by atoms with Gasteiger partial charge in [-0.2, -0.15) is 0 Å². The molecule has 0 aliphatic rings. The maximum atomic E-state index is 5.30. The van der Waals surface area contributed by atoms with Crippen molar-refractivity contribution in [3.05, 3.63) is 206 Å². The second-order valence-corrected chi connectivity index (χ2v) is 15.7. The molecule has 0 saturated carbocycles. The highest BCUT2D eigenvalue weighted by atomic mass is 32.1. The van der Waals surface area contributed by atoms with Crippen LogP contribution in [0.2, 0.25) is 0 Å². The largest absolute Gasteiger partial charge is 0.228 e. The lowest BCUT2D eigenvalue weighted by Gasteiger charge is -2.14. The van der Waals surface area contributed by atoms with E-state index in [-0.39, 0.29) is 0 Å². The monoisotopic (exact) mass is 742 g/mol.